The molecule has 196 valence electrons. The lowest BCUT2D eigenvalue weighted by Crippen LogP contribution is -2.31. The van der Waals surface area contributed by atoms with Crippen molar-refractivity contribution < 1.29 is 26.9 Å². The van der Waals surface area contributed by atoms with Gasteiger partial charge >= 0.3 is 6.18 Å². The van der Waals surface area contributed by atoms with Crippen LogP contribution >= 0.6 is 0 Å². The maximum absolute atomic E-state index is 13.2. The number of amides is 1. The fourth-order valence-corrected chi connectivity index (χ4v) is 4.10. The Labute approximate surface area is 213 Å². The highest BCUT2D eigenvalue weighted by molar-refractivity contribution is 5.94. The predicted molar refractivity (Wildman–Crippen MR) is 133 cm³/mol. The van der Waals surface area contributed by atoms with Crippen molar-refractivity contribution in [3.05, 3.63) is 78.2 Å². The Balaban J connectivity index is 1.42. The SMILES string of the molecule is C=C(F)CCC(=O)N(CCCCCc1nc(C2CC2)no1)c1cccc(-c2cccc(C(F)(F)F)c2)c1. The molecule has 1 amide bonds. The molecule has 1 aliphatic carbocycles. The van der Waals surface area contributed by atoms with E-state index in [0.29, 0.717) is 48.0 Å². The van der Waals surface area contributed by atoms with E-state index < -0.39 is 17.6 Å². The third-order valence-electron chi connectivity index (χ3n) is 6.29. The van der Waals surface area contributed by atoms with Crippen molar-refractivity contribution in [1.29, 1.82) is 0 Å². The van der Waals surface area contributed by atoms with Crippen molar-refractivity contribution in [3.63, 3.8) is 0 Å². The van der Waals surface area contributed by atoms with Crippen molar-refractivity contribution in [3.8, 4) is 11.1 Å². The van der Waals surface area contributed by atoms with Crippen LogP contribution in [0.25, 0.3) is 11.1 Å². The summed E-state index contributed by atoms with van der Waals surface area (Å²) in [5.74, 6) is 0.984. The highest BCUT2D eigenvalue weighted by Gasteiger charge is 2.30. The quantitative estimate of drug-likeness (QED) is 0.184. The smallest absolute Gasteiger partial charge is 0.339 e. The lowest BCUT2D eigenvalue weighted by atomic mass is 10.0. The topological polar surface area (TPSA) is 59.2 Å². The summed E-state index contributed by atoms with van der Waals surface area (Å²) in [7, 11) is 0. The van der Waals surface area contributed by atoms with Crippen LogP contribution in [-0.4, -0.2) is 22.6 Å². The van der Waals surface area contributed by atoms with Crippen LogP contribution in [0.4, 0.5) is 23.2 Å². The van der Waals surface area contributed by atoms with Crippen molar-refractivity contribution in [2.75, 3.05) is 11.4 Å². The Morgan fingerprint density at radius 3 is 2.46 bits per heavy atom. The third-order valence-corrected chi connectivity index (χ3v) is 6.29. The minimum Gasteiger partial charge on any atom is -0.339 e. The van der Waals surface area contributed by atoms with Crippen LogP contribution in [0, 0.1) is 0 Å². The number of hydrogen-bond acceptors (Lipinski definition) is 4. The first kappa shape index (κ1) is 26.6. The molecule has 0 saturated heterocycles. The van der Waals surface area contributed by atoms with Crippen molar-refractivity contribution in [2.24, 2.45) is 0 Å². The first-order valence-corrected chi connectivity index (χ1v) is 12.4. The Kier molecular flexibility index (Phi) is 8.41. The zero-order valence-electron chi connectivity index (χ0n) is 20.4. The summed E-state index contributed by atoms with van der Waals surface area (Å²) >= 11 is 0. The van der Waals surface area contributed by atoms with Gasteiger partial charge in [-0.3, -0.25) is 4.79 Å². The molecule has 9 heteroatoms. The van der Waals surface area contributed by atoms with E-state index in [2.05, 4.69) is 16.7 Å². The highest BCUT2D eigenvalue weighted by Crippen LogP contribution is 2.38. The van der Waals surface area contributed by atoms with Crippen LogP contribution in [-0.2, 0) is 17.4 Å². The number of halogens is 4. The second-order valence-electron chi connectivity index (χ2n) is 9.32. The van der Waals surface area contributed by atoms with Gasteiger partial charge in [-0.1, -0.05) is 42.4 Å². The Morgan fingerprint density at radius 2 is 1.76 bits per heavy atom. The largest absolute Gasteiger partial charge is 0.416 e. The number of carbonyl (C=O) groups excluding carboxylic acids is 1. The molecule has 0 bridgehead atoms. The van der Waals surface area contributed by atoms with Gasteiger partial charge in [-0.25, -0.2) is 4.39 Å². The predicted octanol–water partition coefficient (Wildman–Crippen LogP) is 7.64. The molecule has 0 spiro atoms. The highest BCUT2D eigenvalue weighted by atomic mass is 19.4. The molecular weight excluding hydrogens is 486 g/mol. The molecule has 0 aliphatic heterocycles. The Morgan fingerprint density at radius 1 is 1.03 bits per heavy atom. The van der Waals surface area contributed by atoms with E-state index in [9.17, 15) is 22.4 Å². The monoisotopic (exact) mass is 515 g/mol. The number of allylic oxidation sites excluding steroid dienone is 1. The van der Waals surface area contributed by atoms with Crippen LogP contribution in [0.2, 0.25) is 0 Å². The van der Waals surface area contributed by atoms with Gasteiger partial charge in [0.1, 0.15) is 0 Å². The molecule has 3 aromatic rings. The van der Waals surface area contributed by atoms with Crippen LogP contribution in [0.15, 0.2) is 65.5 Å². The standard InChI is InChI=1S/C28H29F4N3O2/c1-19(29)12-15-26(36)35(16-4-2-3-11-25-33-27(34-37-25)20-13-14-20)24-10-6-8-22(18-24)21-7-5-9-23(17-21)28(30,31)32/h5-10,17-18,20H,1-4,11-16H2. The molecule has 1 fully saturated rings. The normalized spacial score (nSPS) is 13.5. The summed E-state index contributed by atoms with van der Waals surface area (Å²) < 4.78 is 58.1. The van der Waals surface area contributed by atoms with Crippen LogP contribution in [0.5, 0.6) is 0 Å². The average Bonchev–Trinajstić information content (AvgIpc) is 3.62. The maximum Gasteiger partial charge on any atom is 0.416 e. The van der Waals surface area contributed by atoms with Gasteiger partial charge in [0, 0.05) is 37.4 Å². The van der Waals surface area contributed by atoms with E-state index in [1.807, 2.05) is 0 Å². The third kappa shape index (κ3) is 7.50. The van der Waals surface area contributed by atoms with Gasteiger partial charge in [0.15, 0.2) is 5.82 Å². The van der Waals surface area contributed by atoms with E-state index in [1.54, 1.807) is 35.2 Å². The molecule has 5 nitrogen and oxygen atoms in total. The molecule has 2 aromatic carbocycles. The number of benzene rings is 2. The molecular formula is C28H29F4N3O2. The van der Waals surface area contributed by atoms with Crippen molar-refractivity contribution in [1.82, 2.24) is 10.1 Å². The fraction of sp³-hybridized carbons (Fsp3) is 0.393. The number of carbonyl (C=O) groups is 1. The molecule has 0 unspecified atom stereocenters. The van der Waals surface area contributed by atoms with E-state index in [-0.39, 0.29) is 18.7 Å². The first-order chi connectivity index (χ1) is 17.7. The number of rotatable bonds is 12. The number of aromatic nitrogens is 2. The summed E-state index contributed by atoms with van der Waals surface area (Å²) in [6, 6.07) is 11.9. The molecule has 4 rings (SSSR count). The van der Waals surface area contributed by atoms with Gasteiger partial charge in [0.25, 0.3) is 0 Å². The van der Waals surface area contributed by atoms with Gasteiger partial charge in [-0.15, -0.1) is 0 Å². The molecule has 1 aliphatic rings. The van der Waals surface area contributed by atoms with Gasteiger partial charge in [0.2, 0.25) is 11.8 Å². The van der Waals surface area contributed by atoms with E-state index in [0.717, 1.165) is 43.6 Å². The van der Waals surface area contributed by atoms with Crippen molar-refractivity contribution in [2.45, 2.75) is 63.5 Å². The minimum absolute atomic E-state index is 0.0466. The summed E-state index contributed by atoms with van der Waals surface area (Å²) in [6.07, 6.45) is 0.568. The number of aryl methyl sites for hydroxylation is 1. The first-order valence-electron chi connectivity index (χ1n) is 12.4. The fourth-order valence-electron chi connectivity index (χ4n) is 4.10. The van der Waals surface area contributed by atoms with E-state index in [4.69, 9.17) is 4.52 Å². The Hall–Kier alpha value is -3.49. The molecule has 37 heavy (non-hydrogen) atoms. The number of alkyl halides is 3. The number of anilines is 1. The summed E-state index contributed by atoms with van der Waals surface area (Å²) in [6.45, 7) is 3.61. The zero-order chi connectivity index (χ0) is 26.4. The lowest BCUT2D eigenvalue weighted by Gasteiger charge is -2.24. The van der Waals surface area contributed by atoms with Gasteiger partial charge < -0.3 is 9.42 Å². The summed E-state index contributed by atoms with van der Waals surface area (Å²) in [5.41, 5.74) is 0.760. The van der Waals surface area contributed by atoms with Crippen LogP contribution in [0.1, 0.15) is 68.1 Å². The average molecular weight is 516 g/mol. The second kappa shape index (κ2) is 11.7. The lowest BCUT2D eigenvalue weighted by molar-refractivity contribution is -0.137. The maximum atomic E-state index is 13.2. The van der Waals surface area contributed by atoms with E-state index >= 15 is 0 Å². The molecule has 0 radical (unpaired) electrons. The zero-order valence-corrected chi connectivity index (χ0v) is 20.4. The minimum atomic E-state index is -4.45. The van der Waals surface area contributed by atoms with Gasteiger partial charge in [-0.05, 0) is 61.1 Å². The molecule has 1 saturated carbocycles. The molecule has 1 heterocycles. The van der Waals surface area contributed by atoms with E-state index in [1.165, 1.54) is 6.07 Å². The molecule has 0 N–H and O–H groups in total. The molecule has 0 atom stereocenters. The number of nitrogens with zero attached hydrogens (tertiary/aromatic N) is 3. The van der Waals surface area contributed by atoms with Crippen molar-refractivity contribution >= 4 is 11.6 Å². The Bertz CT molecular complexity index is 1230. The summed E-state index contributed by atoms with van der Waals surface area (Å²) in [5, 5.41) is 4.02. The summed E-state index contributed by atoms with van der Waals surface area (Å²) in [4.78, 5) is 19.0. The molecule has 1 aromatic heterocycles. The van der Waals surface area contributed by atoms with Gasteiger partial charge in [-0.2, -0.15) is 18.2 Å². The second-order valence-corrected chi connectivity index (χ2v) is 9.32. The van der Waals surface area contributed by atoms with Gasteiger partial charge in [0.05, 0.1) is 11.4 Å². The number of unbranched alkanes of at least 4 members (excludes halogenated alkanes) is 2. The van der Waals surface area contributed by atoms with Crippen LogP contribution < -0.4 is 4.90 Å². The number of hydrogen-bond donors (Lipinski definition) is 0. The van der Waals surface area contributed by atoms with Crippen LogP contribution in [0.3, 0.4) is 0 Å².